The van der Waals surface area contributed by atoms with E-state index in [0.29, 0.717) is 0 Å². The first-order valence-corrected chi connectivity index (χ1v) is 17.3. The fourth-order valence-corrected chi connectivity index (χ4v) is 5.92. The van der Waals surface area contributed by atoms with Crippen LogP contribution in [-0.4, -0.2) is 111 Å². The molecule has 18 nitrogen and oxygen atoms in total. The first-order chi connectivity index (χ1) is 25.7. The molecule has 0 N–H and O–H groups in total. The molecule has 20 heteroatoms. The van der Waals surface area contributed by atoms with Gasteiger partial charge in [-0.2, -0.15) is 0 Å². The third-order valence-electron chi connectivity index (χ3n) is 7.68. The average Bonchev–Trinajstić information content (AvgIpc) is 3.11. The van der Waals surface area contributed by atoms with E-state index in [1.54, 1.807) is 12.1 Å². The first kappa shape index (κ1) is 41.8. The number of rotatable bonds is 14. The third kappa shape index (κ3) is 11.3. The molecule has 2 aliphatic rings. The summed E-state index contributed by atoms with van der Waals surface area (Å²) >= 11 is 0. The highest BCUT2D eigenvalue weighted by Gasteiger charge is 2.58. The van der Waals surface area contributed by atoms with Crippen LogP contribution in [0, 0.1) is 0 Å². The molecule has 54 heavy (non-hydrogen) atoms. The molecule has 2 heterocycles. The Morgan fingerprint density at radius 3 is 1.54 bits per heavy atom. The summed E-state index contributed by atoms with van der Waals surface area (Å²) in [6.07, 6.45) is -18.5. The molecular weight excluding hydrogens is 746 g/mol. The van der Waals surface area contributed by atoms with Crippen molar-refractivity contribution in [2.45, 2.75) is 89.1 Å². The van der Waals surface area contributed by atoms with Gasteiger partial charge in [-0.1, -0.05) is 36.4 Å². The number of ether oxygens (including phenoxy) is 9. The number of benzene rings is 2. The Bertz CT molecular complexity index is 1660. The Morgan fingerprint density at radius 2 is 1.06 bits per heavy atom. The molecule has 2 aromatic carbocycles. The lowest BCUT2D eigenvalue weighted by Crippen LogP contribution is -2.67. The zero-order valence-corrected chi connectivity index (χ0v) is 30.0. The van der Waals surface area contributed by atoms with Crippen LogP contribution < -0.4 is 4.89 Å². The molecule has 2 saturated heterocycles. The predicted octanol–water partition coefficient (Wildman–Crippen LogP) is 1.63. The van der Waals surface area contributed by atoms with Gasteiger partial charge >= 0.3 is 44.1 Å². The highest BCUT2D eigenvalue weighted by atomic mass is 31.1. The molecule has 0 radical (unpaired) electrons. The van der Waals surface area contributed by atoms with E-state index >= 15 is 0 Å². The van der Waals surface area contributed by atoms with Gasteiger partial charge in [-0.25, -0.2) is 14.0 Å². The number of carbonyl (C=O) groups excluding carboxylic acids is 6. The second kappa shape index (κ2) is 19.4. The van der Waals surface area contributed by atoms with Crippen molar-refractivity contribution in [1.82, 2.24) is 0 Å². The van der Waals surface area contributed by atoms with Crippen LogP contribution in [0.5, 0.6) is 0 Å². The molecule has 0 aliphatic carbocycles. The van der Waals surface area contributed by atoms with Gasteiger partial charge < -0.3 is 47.5 Å². The summed E-state index contributed by atoms with van der Waals surface area (Å²) in [7, 11) is -3.76. The zero-order valence-electron chi connectivity index (χ0n) is 29.1. The molecule has 292 valence electrons. The molecule has 1 unspecified atom stereocenters. The van der Waals surface area contributed by atoms with Crippen molar-refractivity contribution >= 4 is 44.1 Å². The van der Waals surface area contributed by atoms with Gasteiger partial charge in [0.1, 0.15) is 31.6 Å². The Morgan fingerprint density at radius 1 is 0.611 bits per heavy atom. The van der Waals surface area contributed by atoms with E-state index in [-0.39, 0.29) is 11.1 Å². The molecule has 11 atom stereocenters. The average molecular weight is 783 g/mol. The Labute approximate surface area is 307 Å². The molecule has 0 saturated carbocycles. The number of hydrogen-bond acceptors (Lipinski definition) is 18. The molecule has 0 aromatic heterocycles. The van der Waals surface area contributed by atoms with Crippen molar-refractivity contribution in [3.8, 4) is 0 Å². The summed E-state index contributed by atoms with van der Waals surface area (Å²) < 4.78 is 82.0. The highest BCUT2D eigenvalue weighted by molar-refractivity contribution is 7.30. The maximum absolute atomic E-state index is 15.0. The minimum absolute atomic E-state index is 0.0411. The summed E-state index contributed by atoms with van der Waals surface area (Å²) in [5.74, 6) is -5.83. The number of alkyl halides is 1. The molecule has 4 rings (SSSR count). The SMILES string of the molecule is CC(=O)OC[C@H]1O[C@@H](O[C@H]2[C@H](OC(=O)c3ccccc3)[C@H](OC(=O)c3ccccc3)[C@@H](O[P+](=O)[O-])O[C@@H]2CF)[C@H](OC(C)=O)[C@@H](OC(C)=O)[C@H]1OC(C)=O. The Hall–Kier alpha value is -4.91. The quantitative estimate of drug-likeness (QED) is 0.150. The lowest BCUT2D eigenvalue weighted by Gasteiger charge is -2.48. The van der Waals surface area contributed by atoms with Crippen molar-refractivity contribution in [2.24, 2.45) is 0 Å². The molecule has 0 bridgehead atoms. The fraction of sp³-hybridized carbons (Fsp3) is 0.471. The zero-order chi connectivity index (χ0) is 39.5. The van der Waals surface area contributed by atoms with Crippen molar-refractivity contribution in [2.75, 3.05) is 13.3 Å². The van der Waals surface area contributed by atoms with Crippen molar-refractivity contribution < 1.29 is 89.8 Å². The predicted molar refractivity (Wildman–Crippen MR) is 171 cm³/mol. The van der Waals surface area contributed by atoms with Crippen LogP contribution in [0.1, 0.15) is 48.4 Å². The normalized spacial score (nSPS) is 28.1. The van der Waals surface area contributed by atoms with E-state index in [9.17, 15) is 42.6 Å². The van der Waals surface area contributed by atoms with E-state index in [1.165, 1.54) is 48.5 Å². The maximum Gasteiger partial charge on any atom is 0.491 e. The monoisotopic (exact) mass is 782 g/mol. The number of hydrogen-bond donors (Lipinski definition) is 0. The van der Waals surface area contributed by atoms with Crippen LogP contribution in [0.15, 0.2) is 60.7 Å². The molecule has 0 amide bonds. The van der Waals surface area contributed by atoms with Crippen LogP contribution >= 0.6 is 8.25 Å². The summed E-state index contributed by atoms with van der Waals surface area (Å²) in [4.78, 5) is 87.4. The van der Waals surface area contributed by atoms with Crippen LogP contribution in [0.4, 0.5) is 4.39 Å². The fourth-order valence-electron chi connectivity index (χ4n) is 5.58. The topological polar surface area (TPSA) is 235 Å². The number of esters is 6. The van der Waals surface area contributed by atoms with Gasteiger partial charge in [-0.05, 0) is 28.8 Å². The third-order valence-corrected chi connectivity index (χ3v) is 8.06. The lowest BCUT2D eigenvalue weighted by atomic mass is 9.96. The molecule has 2 aliphatic heterocycles. The Balaban J connectivity index is 1.84. The van der Waals surface area contributed by atoms with E-state index in [2.05, 4.69) is 0 Å². The Kier molecular flexibility index (Phi) is 15.1. The van der Waals surface area contributed by atoms with E-state index in [1.807, 2.05) is 0 Å². The van der Waals surface area contributed by atoms with Gasteiger partial charge in [0.2, 0.25) is 0 Å². The number of halogens is 1. The van der Waals surface area contributed by atoms with Crippen molar-refractivity contribution in [3.05, 3.63) is 71.8 Å². The van der Waals surface area contributed by atoms with Gasteiger partial charge in [0.25, 0.3) is 6.29 Å². The van der Waals surface area contributed by atoms with Gasteiger partial charge in [0.05, 0.1) is 11.1 Å². The van der Waals surface area contributed by atoms with Crippen molar-refractivity contribution in [3.63, 3.8) is 0 Å². The van der Waals surface area contributed by atoms with Gasteiger partial charge in [0.15, 0.2) is 36.8 Å². The summed E-state index contributed by atoms with van der Waals surface area (Å²) in [5.41, 5.74) is -0.0899. The number of carbonyl (C=O) groups is 6. The standard InChI is InChI=1S/C34H36FO18P/c1-17(36)44-16-24-26(45-18(2)37)27(46-19(3)38)29(47-20(4)39)33(49-24)52-25-23(15-35)48-34(53-54(42)43)30(51-32(41)22-13-9-6-10-14-22)28(25)50-31(40)21-11-7-5-8-12-21/h5-14,23-30,33-34H,15-16H2,1-4H3/t23-,24-,25-,26+,27+,28+,29-,30+,33+,34-/m1/s1. The van der Waals surface area contributed by atoms with E-state index < -0.39 is 119 Å². The van der Waals surface area contributed by atoms with Crippen LogP contribution in [0.25, 0.3) is 0 Å². The highest BCUT2D eigenvalue weighted by Crippen LogP contribution is 2.37. The van der Waals surface area contributed by atoms with Gasteiger partial charge in [0, 0.05) is 27.7 Å². The second-order valence-corrected chi connectivity index (χ2v) is 12.3. The minimum atomic E-state index is -3.76. The minimum Gasteiger partial charge on any atom is -0.566 e. The van der Waals surface area contributed by atoms with Gasteiger partial charge in [-0.15, -0.1) is 4.52 Å². The first-order valence-electron chi connectivity index (χ1n) is 16.2. The summed E-state index contributed by atoms with van der Waals surface area (Å²) in [6, 6.07) is 14.6. The van der Waals surface area contributed by atoms with Crippen LogP contribution in [0.2, 0.25) is 0 Å². The largest absolute Gasteiger partial charge is 0.566 e. The van der Waals surface area contributed by atoms with E-state index in [0.717, 1.165) is 27.7 Å². The molecular formula is C34H36FO18P. The smallest absolute Gasteiger partial charge is 0.491 e. The summed E-state index contributed by atoms with van der Waals surface area (Å²) in [6.45, 7) is 1.90. The molecule has 2 aromatic rings. The maximum atomic E-state index is 15.0. The second-order valence-electron chi connectivity index (χ2n) is 11.7. The molecule has 0 spiro atoms. The van der Waals surface area contributed by atoms with Crippen LogP contribution in [0.3, 0.4) is 0 Å². The van der Waals surface area contributed by atoms with Gasteiger partial charge in [-0.3, -0.25) is 19.2 Å². The van der Waals surface area contributed by atoms with Crippen molar-refractivity contribution in [1.29, 1.82) is 0 Å². The van der Waals surface area contributed by atoms with E-state index in [4.69, 9.17) is 47.2 Å². The summed E-state index contributed by atoms with van der Waals surface area (Å²) in [5, 5.41) is 0. The molecule has 2 fully saturated rings. The van der Waals surface area contributed by atoms with Crippen LogP contribution in [-0.2, 0) is 70.9 Å². The lowest BCUT2D eigenvalue weighted by molar-refractivity contribution is -0.353.